The van der Waals surface area contributed by atoms with Crippen LogP contribution in [0.25, 0.3) is 10.9 Å². The van der Waals surface area contributed by atoms with Crippen LogP contribution in [0.1, 0.15) is 11.1 Å². The van der Waals surface area contributed by atoms with Crippen molar-refractivity contribution in [1.82, 2.24) is 4.98 Å². The van der Waals surface area contributed by atoms with E-state index in [1.165, 1.54) is 10.9 Å². The highest BCUT2D eigenvalue weighted by molar-refractivity contribution is 5.83. The lowest BCUT2D eigenvalue weighted by Gasteiger charge is -2.09. The minimum absolute atomic E-state index is 0.332. The van der Waals surface area contributed by atoms with E-state index in [1.54, 1.807) is 6.07 Å². The third-order valence-corrected chi connectivity index (χ3v) is 3.37. The lowest BCUT2D eigenvalue weighted by molar-refractivity contribution is 0.471. The highest BCUT2D eigenvalue weighted by Crippen LogP contribution is 2.22. The van der Waals surface area contributed by atoms with Crippen molar-refractivity contribution in [1.29, 1.82) is 0 Å². The van der Waals surface area contributed by atoms with Gasteiger partial charge in [-0.05, 0) is 48.4 Å². The van der Waals surface area contributed by atoms with Crippen LogP contribution < -0.4 is 5.32 Å². The molecular formula is C16H16N2O. The number of hydrogen-bond donors (Lipinski definition) is 3. The van der Waals surface area contributed by atoms with Crippen LogP contribution in [0.15, 0.2) is 48.7 Å². The number of nitrogens with one attached hydrogen (secondary N) is 2. The highest BCUT2D eigenvalue weighted by Gasteiger charge is 2.02. The minimum atomic E-state index is 0.332. The lowest BCUT2D eigenvalue weighted by Crippen LogP contribution is -1.99. The smallest absolute Gasteiger partial charge is 0.118 e. The molecule has 3 nitrogen and oxygen atoms in total. The molecule has 0 aliphatic carbocycles. The zero-order chi connectivity index (χ0) is 13.2. The Hall–Kier alpha value is -2.42. The molecule has 0 aliphatic heterocycles. The summed E-state index contributed by atoms with van der Waals surface area (Å²) in [4.78, 5) is 3.21. The normalized spacial score (nSPS) is 10.8. The summed E-state index contributed by atoms with van der Waals surface area (Å²) in [5, 5.41) is 14.1. The zero-order valence-electron chi connectivity index (χ0n) is 10.8. The lowest BCUT2D eigenvalue weighted by atomic mass is 10.1. The Morgan fingerprint density at radius 3 is 2.89 bits per heavy atom. The van der Waals surface area contributed by atoms with Gasteiger partial charge in [-0.1, -0.05) is 12.1 Å². The van der Waals surface area contributed by atoms with Gasteiger partial charge in [0.25, 0.3) is 0 Å². The molecule has 96 valence electrons. The molecular weight excluding hydrogens is 236 g/mol. The Labute approximate surface area is 111 Å². The Morgan fingerprint density at radius 2 is 2.05 bits per heavy atom. The van der Waals surface area contributed by atoms with Crippen molar-refractivity contribution in [2.45, 2.75) is 13.5 Å². The number of aromatic amines is 1. The summed E-state index contributed by atoms with van der Waals surface area (Å²) >= 11 is 0. The molecule has 0 saturated carbocycles. The van der Waals surface area contributed by atoms with E-state index in [9.17, 15) is 5.11 Å². The van der Waals surface area contributed by atoms with Crippen LogP contribution >= 0.6 is 0 Å². The molecule has 3 rings (SSSR count). The van der Waals surface area contributed by atoms with Gasteiger partial charge in [-0.25, -0.2) is 0 Å². The van der Waals surface area contributed by atoms with Gasteiger partial charge in [0.05, 0.1) is 0 Å². The van der Waals surface area contributed by atoms with E-state index >= 15 is 0 Å². The summed E-state index contributed by atoms with van der Waals surface area (Å²) in [6.07, 6.45) is 1.96. The molecule has 19 heavy (non-hydrogen) atoms. The Morgan fingerprint density at radius 1 is 1.16 bits per heavy atom. The number of phenolic OH excluding ortho intramolecular Hbond substituents is 1. The van der Waals surface area contributed by atoms with Crippen molar-refractivity contribution in [3.05, 3.63) is 59.8 Å². The third-order valence-electron chi connectivity index (χ3n) is 3.37. The van der Waals surface area contributed by atoms with Gasteiger partial charge in [0.1, 0.15) is 5.75 Å². The zero-order valence-corrected chi connectivity index (χ0v) is 10.8. The van der Waals surface area contributed by atoms with Crippen molar-refractivity contribution in [3.8, 4) is 5.75 Å². The number of hydrogen-bond acceptors (Lipinski definition) is 2. The number of aryl methyl sites for hydroxylation is 1. The average molecular weight is 252 g/mol. The molecule has 1 aromatic heterocycles. The van der Waals surface area contributed by atoms with Gasteiger partial charge in [-0.2, -0.15) is 0 Å². The molecule has 3 aromatic rings. The summed E-state index contributed by atoms with van der Waals surface area (Å²) in [6, 6.07) is 13.9. The maximum absolute atomic E-state index is 9.51. The molecule has 0 spiro atoms. The summed E-state index contributed by atoms with van der Waals surface area (Å²) in [5.74, 6) is 0.332. The number of H-pyrrole nitrogens is 1. The molecule has 3 heteroatoms. The van der Waals surface area contributed by atoms with E-state index in [2.05, 4.69) is 34.6 Å². The van der Waals surface area contributed by atoms with Gasteiger partial charge >= 0.3 is 0 Å². The van der Waals surface area contributed by atoms with Crippen molar-refractivity contribution in [3.63, 3.8) is 0 Å². The molecule has 2 aromatic carbocycles. The fourth-order valence-electron chi connectivity index (χ4n) is 2.27. The SMILES string of the molecule is Cc1cc(NCc2cccc3[nH]ccc23)ccc1O. The molecule has 0 amide bonds. The van der Waals surface area contributed by atoms with E-state index in [0.29, 0.717) is 5.75 Å². The van der Waals surface area contributed by atoms with E-state index in [1.807, 2.05) is 25.3 Å². The van der Waals surface area contributed by atoms with Crippen molar-refractivity contribution >= 4 is 16.6 Å². The maximum atomic E-state index is 9.51. The number of rotatable bonds is 3. The molecule has 3 N–H and O–H groups in total. The van der Waals surface area contributed by atoms with Gasteiger partial charge in [0, 0.05) is 29.3 Å². The Bertz CT molecular complexity index is 716. The number of benzene rings is 2. The topological polar surface area (TPSA) is 48.0 Å². The van der Waals surface area contributed by atoms with E-state index < -0.39 is 0 Å². The maximum Gasteiger partial charge on any atom is 0.118 e. The van der Waals surface area contributed by atoms with Crippen LogP contribution in [-0.2, 0) is 6.54 Å². The minimum Gasteiger partial charge on any atom is -0.508 e. The molecule has 1 heterocycles. The average Bonchev–Trinajstić information content (AvgIpc) is 2.89. The molecule has 0 fully saturated rings. The second kappa shape index (κ2) is 4.69. The van der Waals surface area contributed by atoms with Crippen LogP contribution in [0.5, 0.6) is 5.75 Å². The standard InChI is InChI=1S/C16H16N2O/c1-11-9-13(5-6-16(11)19)18-10-12-3-2-4-15-14(12)7-8-17-15/h2-9,17-19H,10H2,1H3. The van der Waals surface area contributed by atoms with Crippen LogP contribution in [0.4, 0.5) is 5.69 Å². The Balaban J connectivity index is 1.82. The largest absolute Gasteiger partial charge is 0.508 e. The molecule has 0 unspecified atom stereocenters. The number of aromatic hydroxyl groups is 1. The monoisotopic (exact) mass is 252 g/mol. The van der Waals surface area contributed by atoms with Crippen molar-refractivity contribution in [2.75, 3.05) is 5.32 Å². The second-order valence-corrected chi connectivity index (χ2v) is 4.71. The van der Waals surface area contributed by atoms with Crippen LogP contribution in [0.3, 0.4) is 0 Å². The van der Waals surface area contributed by atoms with E-state index in [0.717, 1.165) is 23.3 Å². The summed E-state index contributed by atoms with van der Waals surface area (Å²) in [7, 11) is 0. The van der Waals surface area contributed by atoms with Gasteiger partial charge in [0.15, 0.2) is 0 Å². The summed E-state index contributed by atoms with van der Waals surface area (Å²) < 4.78 is 0. The van der Waals surface area contributed by atoms with Crippen LogP contribution in [0.2, 0.25) is 0 Å². The fourth-order valence-corrected chi connectivity index (χ4v) is 2.27. The summed E-state index contributed by atoms with van der Waals surface area (Å²) in [6.45, 7) is 2.66. The highest BCUT2D eigenvalue weighted by atomic mass is 16.3. The predicted octanol–water partition coefficient (Wildman–Crippen LogP) is 3.79. The third kappa shape index (κ3) is 2.27. The molecule has 0 radical (unpaired) electrons. The number of aromatic nitrogens is 1. The van der Waals surface area contributed by atoms with E-state index in [-0.39, 0.29) is 0 Å². The second-order valence-electron chi connectivity index (χ2n) is 4.71. The first-order valence-corrected chi connectivity index (χ1v) is 6.32. The Kier molecular flexibility index (Phi) is 2.88. The number of anilines is 1. The van der Waals surface area contributed by atoms with Gasteiger partial charge < -0.3 is 15.4 Å². The van der Waals surface area contributed by atoms with E-state index in [4.69, 9.17) is 0 Å². The fraction of sp³-hybridized carbons (Fsp3) is 0.125. The first-order valence-electron chi connectivity index (χ1n) is 6.32. The quantitative estimate of drug-likeness (QED) is 0.621. The van der Waals surface area contributed by atoms with Gasteiger partial charge in [0.2, 0.25) is 0 Å². The molecule has 0 atom stereocenters. The number of phenols is 1. The molecule has 0 aliphatic rings. The van der Waals surface area contributed by atoms with Gasteiger partial charge in [-0.15, -0.1) is 0 Å². The molecule has 0 bridgehead atoms. The van der Waals surface area contributed by atoms with Crippen molar-refractivity contribution in [2.24, 2.45) is 0 Å². The predicted molar refractivity (Wildman–Crippen MR) is 78.5 cm³/mol. The van der Waals surface area contributed by atoms with Crippen LogP contribution in [0, 0.1) is 6.92 Å². The first kappa shape index (κ1) is 11.7. The summed E-state index contributed by atoms with van der Waals surface area (Å²) in [5.41, 5.74) is 4.30. The number of fused-ring (bicyclic) bond motifs is 1. The van der Waals surface area contributed by atoms with Crippen LogP contribution in [-0.4, -0.2) is 10.1 Å². The first-order chi connectivity index (χ1) is 9.24. The van der Waals surface area contributed by atoms with Crippen molar-refractivity contribution < 1.29 is 5.11 Å². The van der Waals surface area contributed by atoms with Gasteiger partial charge in [-0.3, -0.25) is 0 Å². The molecule has 0 saturated heterocycles.